The zero-order chi connectivity index (χ0) is 12.8. The molecule has 0 aliphatic heterocycles. The SMILES string of the molecule is CCc1ccc(CCNCC2(CO)CCC2)cc1. The molecular formula is C16H25NO. The molecule has 0 bridgehead atoms. The first-order valence-corrected chi connectivity index (χ1v) is 7.17. The van der Waals surface area contributed by atoms with E-state index in [2.05, 4.69) is 36.5 Å². The van der Waals surface area contributed by atoms with Crippen molar-refractivity contribution in [3.05, 3.63) is 35.4 Å². The molecule has 0 saturated heterocycles. The first-order chi connectivity index (χ1) is 8.78. The van der Waals surface area contributed by atoms with Crippen LogP contribution in [0.25, 0.3) is 0 Å². The first-order valence-electron chi connectivity index (χ1n) is 7.17. The van der Waals surface area contributed by atoms with E-state index in [9.17, 15) is 5.11 Å². The maximum absolute atomic E-state index is 9.37. The molecule has 1 aliphatic carbocycles. The van der Waals surface area contributed by atoms with Gasteiger partial charge in [-0.15, -0.1) is 0 Å². The van der Waals surface area contributed by atoms with Crippen LogP contribution in [0.4, 0.5) is 0 Å². The van der Waals surface area contributed by atoms with Gasteiger partial charge in [0.25, 0.3) is 0 Å². The number of aliphatic hydroxyl groups excluding tert-OH is 1. The molecule has 0 unspecified atom stereocenters. The third kappa shape index (κ3) is 3.33. The van der Waals surface area contributed by atoms with E-state index in [-0.39, 0.29) is 5.41 Å². The smallest absolute Gasteiger partial charge is 0.0499 e. The van der Waals surface area contributed by atoms with Crippen molar-refractivity contribution < 1.29 is 5.11 Å². The normalized spacial score (nSPS) is 17.4. The van der Waals surface area contributed by atoms with Crippen molar-refractivity contribution in [2.45, 2.75) is 39.0 Å². The predicted octanol–water partition coefficient (Wildman–Crippen LogP) is 2.54. The van der Waals surface area contributed by atoms with E-state index < -0.39 is 0 Å². The molecule has 0 aromatic heterocycles. The Morgan fingerprint density at radius 3 is 2.33 bits per heavy atom. The minimum absolute atomic E-state index is 0.200. The van der Waals surface area contributed by atoms with Crippen LogP contribution in [0.3, 0.4) is 0 Å². The Kier molecular flexibility index (Phi) is 4.79. The molecule has 2 heteroatoms. The van der Waals surface area contributed by atoms with Crippen molar-refractivity contribution in [1.29, 1.82) is 0 Å². The molecular weight excluding hydrogens is 222 g/mol. The van der Waals surface area contributed by atoms with Crippen LogP contribution in [-0.2, 0) is 12.8 Å². The van der Waals surface area contributed by atoms with Gasteiger partial charge in [0.15, 0.2) is 0 Å². The molecule has 0 spiro atoms. The Morgan fingerprint density at radius 2 is 1.83 bits per heavy atom. The van der Waals surface area contributed by atoms with Crippen LogP contribution in [0.5, 0.6) is 0 Å². The Labute approximate surface area is 110 Å². The number of rotatable bonds is 7. The second kappa shape index (κ2) is 6.35. The van der Waals surface area contributed by atoms with Gasteiger partial charge in [-0.05, 0) is 43.4 Å². The molecule has 2 rings (SSSR count). The van der Waals surface area contributed by atoms with E-state index in [0.717, 1.165) is 25.9 Å². The average Bonchev–Trinajstić information content (AvgIpc) is 2.38. The minimum Gasteiger partial charge on any atom is -0.396 e. The fourth-order valence-corrected chi connectivity index (χ4v) is 2.60. The maximum atomic E-state index is 9.37. The lowest BCUT2D eigenvalue weighted by atomic mass is 9.69. The quantitative estimate of drug-likeness (QED) is 0.726. The molecule has 0 heterocycles. The summed E-state index contributed by atoms with van der Waals surface area (Å²) in [6.07, 6.45) is 5.83. The molecule has 18 heavy (non-hydrogen) atoms. The van der Waals surface area contributed by atoms with Gasteiger partial charge < -0.3 is 10.4 Å². The third-order valence-electron chi connectivity index (χ3n) is 4.27. The first kappa shape index (κ1) is 13.6. The van der Waals surface area contributed by atoms with E-state index in [1.807, 2.05) is 0 Å². The molecule has 2 N–H and O–H groups in total. The number of hydrogen-bond donors (Lipinski definition) is 2. The molecule has 100 valence electrons. The lowest BCUT2D eigenvalue weighted by Crippen LogP contribution is -2.43. The summed E-state index contributed by atoms with van der Waals surface area (Å²) < 4.78 is 0. The van der Waals surface area contributed by atoms with Gasteiger partial charge in [0, 0.05) is 18.6 Å². The zero-order valence-electron chi connectivity index (χ0n) is 11.4. The van der Waals surface area contributed by atoms with Crippen LogP contribution in [0.15, 0.2) is 24.3 Å². The van der Waals surface area contributed by atoms with Crippen LogP contribution in [0, 0.1) is 5.41 Å². The van der Waals surface area contributed by atoms with Crippen LogP contribution in [-0.4, -0.2) is 24.8 Å². The van der Waals surface area contributed by atoms with Crippen molar-refractivity contribution in [2.24, 2.45) is 5.41 Å². The third-order valence-corrected chi connectivity index (χ3v) is 4.27. The van der Waals surface area contributed by atoms with E-state index in [1.165, 1.54) is 30.4 Å². The molecule has 0 amide bonds. The highest BCUT2D eigenvalue weighted by Crippen LogP contribution is 2.39. The van der Waals surface area contributed by atoms with E-state index in [4.69, 9.17) is 0 Å². The monoisotopic (exact) mass is 247 g/mol. The van der Waals surface area contributed by atoms with Gasteiger partial charge >= 0.3 is 0 Å². The Bertz CT molecular complexity index is 348. The molecule has 0 radical (unpaired) electrons. The summed E-state index contributed by atoms with van der Waals surface area (Å²) in [6.45, 7) is 4.50. The van der Waals surface area contributed by atoms with Crippen molar-refractivity contribution in [3.63, 3.8) is 0 Å². The highest BCUT2D eigenvalue weighted by molar-refractivity contribution is 5.22. The van der Waals surface area contributed by atoms with Crippen LogP contribution in [0.1, 0.15) is 37.3 Å². The highest BCUT2D eigenvalue weighted by atomic mass is 16.3. The summed E-state index contributed by atoms with van der Waals surface area (Å²) in [7, 11) is 0. The van der Waals surface area contributed by atoms with Gasteiger partial charge in [-0.2, -0.15) is 0 Å². The summed E-state index contributed by atoms with van der Waals surface area (Å²) >= 11 is 0. The molecule has 1 aliphatic rings. The molecule has 2 nitrogen and oxygen atoms in total. The van der Waals surface area contributed by atoms with Crippen molar-refractivity contribution in [3.8, 4) is 0 Å². The fraction of sp³-hybridized carbons (Fsp3) is 0.625. The topological polar surface area (TPSA) is 32.3 Å². The Hall–Kier alpha value is -0.860. The number of aryl methyl sites for hydroxylation is 1. The average molecular weight is 247 g/mol. The number of nitrogens with one attached hydrogen (secondary N) is 1. The fourth-order valence-electron chi connectivity index (χ4n) is 2.60. The minimum atomic E-state index is 0.200. The van der Waals surface area contributed by atoms with Gasteiger partial charge in [-0.3, -0.25) is 0 Å². The molecule has 0 atom stereocenters. The molecule has 1 saturated carbocycles. The standard InChI is InChI=1S/C16H25NO/c1-2-14-4-6-15(7-5-14)8-11-17-12-16(13-18)9-3-10-16/h4-7,17-18H,2-3,8-13H2,1H3. The Balaban J connectivity index is 1.68. The van der Waals surface area contributed by atoms with E-state index in [0.29, 0.717) is 6.61 Å². The van der Waals surface area contributed by atoms with Crippen LogP contribution >= 0.6 is 0 Å². The second-order valence-electron chi connectivity index (χ2n) is 5.61. The summed E-state index contributed by atoms with van der Waals surface area (Å²) in [5, 5.41) is 12.9. The lowest BCUT2D eigenvalue weighted by Gasteiger charge is -2.40. The van der Waals surface area contributed by atoms with Crippen molar-refractivity contribution in [2.75, 3.05) is 19.7 Å². The van der Waals surface area contributed by atoms with Crippen molar-refractivity contribution >= 4 is 0 Å². The van der Waals surface area contributed by atoms with Gasteiger partial charge in [0.05, 0.1) is 0 Å². The van der Waals surface area contributed by atoms with Gasteiger partial charge in [-0.25, -0.2) is 0 Å². The summed E-state index contributed by atoms with van der Waals surface area (Å²) in [6, 6.07) is 8.89. The van der Waals surface area contributed by atoms with E-state index in [1.54, 1.807) is 0 Å². The molecule has 1 aromatic rings. The number of hydrogen-bond acceptors (Lipinski definition) is 2. The second-order valence-corrected chi connectivity index (χ2v) is 5.61. The predicted molar refractivity (Wildman–Crippen MR) is 75.8 cm³/mol. The van der Waals surface area contributed by atoms with E-state index >= 15 is 0 Å². The van der Waals surface area contributed by atoms with Gasteiger partial charge in [-0.1, -0.05) is 37.6 Å². The van der Waals surface area contributed by atoms with Crippen LogP contribution in [0.2, 0.25) is 0 Å². The summed E-state index contributed by atoms with van der Waals surface area (Å²) in [5.41, 5.74) is 3.00. The number of aliphatic hydroxyl groups is 1. The van der Waals surface area contributed by atoms with Gasteiger partial charge in [0.1, 0.15) is 0 Å². The van der Waals surface area contributed by atoms with Gasteiger partial charge in [0.2, 0.25) is 0 Å². The zero-order valence-corrected chi connectivity index (χ0v) is 11.4. The Morgan fingerprint density at radius 1 is 1.17 bits per heavy atom. The largest absolute Gasteiger partial charge is 0.396 e. The molecule has 1 fully saturated rings. The lowest BCUT2D eigenvalue weighted by molar-refractivity contribution is 0.0451. The maximum Gasteiger partial charge on any atom is 0.0499 e. The van der Waals surface area contributed by atoms with Crippen LogP contribution < -0.4 is 5.32 Å². The molecule has 1 aromatic carbocycles. The summed E-state index contributed by atoms with van der Waals surface area (Å²) in [5.74, 6) is 0. The summed E-state index contributed by atoms with van der Waals surface area (Å²) in [4.78, 5) is 0. The van der Waals surface area contributed by atoms with Crippen molar-refractivity contribution in [1.82, 2.24) is 5.32 Å². The number of benzene rings is 1. The highest BCUT2D eigenvalue weighted by Gasteiger charge is 2.35.